The summed E-state index contributed by atoms with van der Waals surface area (Å²) in [5, 5.41) is 22.3. The van der Waals surface area contributed by atoms with E-state index in [0.717, 1.165) is 15.8 Å². The smallest absolute Gasteiger partial charge is 0.313 e. The summed E-state index contributed by atoms with van der Waals surface area (Å²) in [6.45, 7) is 0. The lowest BCUT2D eigenvalue weighted by Gasteiger charge is -2.22. The molecule has 1 saturated carbocycles. The molecular formula is C10H12N4O2S2. The molecule has 3 rings (SSSR count). The first kappa shape index (κ1) is 11.9. The normalized spacial score (nSPS) is 16.0. The molecule has 1 aliphatic carbocycles. The van der Waals surface area contributed by atoms with E-state index in [1.165, 1.54) is 42.4 Å². The SMILES string of the molecule is O=C(O)CSCc1nn2c(C3CCC3)nnc2s1. The molecule has 0 saturated heterocycles. The molecule has 0 radical (unpaired) electrons. The van der Waals surface area contributed by atoms with Gasteiger partial charge in [-0.25, -0.2) is 0 Å². The van der Waals surface area contributed by atoms with Crippen LogP contribution in [-0.4, -0.2) is 36.6 Å². The molecule has 1 aliphatic rings. The van der Waals surface area contributed by atoms with Crippen molar-refractivity contribution in [3.8, 4) is 0 Å². The van der Waals surface area contributed by atoms with Gasteiger partial charge in [0.25, 0.3) is 0 Å². The Bertz CT molecular complexity index is 575. The third-order valence-corrected chi connectivity index (χ3v) is 4.99. The second kappa shape index (κ2) is 4.85. The third-order valence-electron chi connectivity index (χ3n) is 2.98. The zero-order valence-corrected chi connectivity index (χ0v) is 11.2. The molecule has 18 heavy (non-hydrogen) atoms. The van der Waals surface area contributed by atoms with E-state index in [2.05, 4.69) is 15.3 Å². The zero-order valence-electron chi connectivity index (χ0n) is 9.57. The first-order chi connectivity index (χ1) is 8.74. The Labute approximate surface area is 111 Å². The molecule has 6 nitrogen and oxygen atoms in total. The van der Waals surface area contributed by atoms with Crippen LogP contribution in [0, 0.1) is 0 Å². The van der Waals surface area contributed by atoms with Crippen LogP contribution in [0.15, 0.2) is 0 Å². The van der Waals surface area contributed by atoms with Gasteiger partial charge in [0.15, 0.2) is 5.82 Å². The summed E-state index contributed by atoms with van der Waals surface area (Å²) in [6.07, 6.45) is 3.59. The lowest BCUT2D eigenvalue weighted by molar-refractivity contribution is -0.133. The van der Waals surface area contributed by atoms with Gasteiger partial charge in [-0.1, -0.05) is 17.8 Å². The number of aromatic nitrogens is 4. The highest BCUT2D eigenvalue weighted by Crippen LogP contribution is 2.35. The predicted octanol–water partition coefficient (Wildman–Crippen LogP) is 1.77. The second-order valence-corrected chi connectivity index (χ2v) is 6.29. The zero-order chi connectivity index (χ0) is 12.5. The number of carboxylic acid groups (broad SMARTS) is 1. The van der Waals surface area contributed by atoms with Gasteiger partial charge in [-0.2, -0.15) is 9.61 Å². The van der Waals surface area contributed by atoms with E-state index in [9.17, 15) is 4.79 Å². The average molecular weight is 284 g/mol. The quantitative estimate of drug-likeness (QED) is 0.901. The number of rotatable bonds is 5. The van der Waals surface area contributed by atoms with Crippen molar-refractivity contribution in [3.05, 3.63) is 10.8 Å². The summed E-state index contributed by atoms with van der Waals surface area (Å²) in [7, 11) is 0. The molecule has 2 aromatic rings. The molecule has 0 atom stereocenters. The minimum atomic E-state index is -0.793. The maximum Gasteiger partial charge on any atom is 0.313 e. The van der Waals surface area contributed by atoms with Gasteiger partial charge in [0, 0.05) is 11.7 Å². The Hall–Kier alpha value is -1.15. The molecule has 0 amide bonds. The maximum absolute atomic E-state index is 10.4. The summed E-state index contributed by atoms with van der Waals surface area (Å²) in [5.74, 6) is 1.39. The Morgan fingerprint density at radius 2 is 2.33 bits per heavy atom. The molecule has 0 aromatic carbocycles. The third kappa shape index (κ3) is 2.22. The van der Waals surface area contributed by atoms with Gasteiger partial charge in [-0.3, -0.25) is 4.79 Å². The van der Waals surface area contributed by atoms with Crippen LogP contribution in [0.5, 0.6) is 0 Å². The van der Waals surface area contributed by atoms with E-state index in [4.69, 9.17) is 5.11 Å². The molecule has 0 spiro atoms. The van der Waals surface area contributed by atoms with Crippen molar-refractivity contribution in [2.45, 2.75) is 30.9 Å². The Balaban J connectivity index is 1.74. The Kier molecular flexibility index (Phi) is 3.21. The van der Waals surface area contributed by atoms with Crippen LogP contribution in [0.2, 0.25) is 0 Å². The lowest BCUT2D eigenvalue weighted by Crippen LogP contribution is -2.13. The van der Waals surface area contributed by atoms with Crippen molar-refractivity contribution >= 4 is 34.0 Å². The first-order valence-electron chi connectivity index (χ1n) is 5.74. The van der Waals surface area contributed by atoms with Gasteiger partial charge in [-0.15, -0.1) is 22.0 Å². The number of aliphatic carboxylic acids is 1. The number of thioether (sulfide) groups is 1. The second-order valence-electron chi connectivity index (χ2n) is 4.26. The summed E-state index contributed by atoms with van der Waals surface area (Å²) in [6, 6.07) is 0. The average Bonchev–Trinajstić information content (AvgIpc) is 2.77. The van der Waals surface area contributed by atoms with Crippen LogP contribution in [-0.2, 0) is 10.5 Å². The number of fused-ring (bicyclic) bond motifs is 1. The van der Waals surface area contributed by atoms with Crippen molar-refractivity contribution in [1.29, 1.82) is 0 Å². The Morgan fingerprint density at radius 3 is 3.00 bits per heavy atom. The van der Waals surface area contributed by atoms with Gasteiger partial charge < -0.3 is 5.11 Å². The first-order valence-corrected chi connectivity index (χ1v) is 7.71. The van der Waals surface area contributed by atoms with Crippen LogP contribution < -0.4 is 0 Å². The molecule has 0 aliphatic heterocycles. The summed E-state index contributed by atoms with van der Waals surface area (Å²) >= 11 is 2.84. The summed E-state index contributed by atoms with van der Waals surface area (Å²) in [5.41, 5.74) is 0. The van der Waals surface area contributed by atoms with Crippen molar-refractivity contribution in [1.82, 2.24) is 19.8 Å². The van der Waals surface area contributed by atoms with Crippen LogP contribution in [0.25, 0.3) is 4.96 Å². The van der Waals surface area contributed by atoms with E-state index in [1.807, 2.05) is 4.52 Å². The molecule has 0 bridgehead atoms. The predicted molar refractivity (Wildman–Crippen MR) is 69.0 cm³/mol. The van der Waals surface area contributed by atoms with E-state index in [1.54, 1.807) is 0 Å². The molecule has 1 N–H and O–H groups in total. The van der Waals surface area contributed by atoms with Crippen molar-refractivity contribution in [3.63, 3.8) is 0 Å². The van der Waals surface area contributed by atoms with Gasteiger partial charge in [0.2, 0.25) is 4.96 Å². The highest BCUT2D eigenvalue weighted by molar-refractivity contribution is 7.99. The number of nitrogens with zero attached hydrogens (tertiary/aromatic N) is 4. The Morgan fingerprint density at radius 1 is 1.50 bits per heavy atom. The fourth-order valence-electron chi connectivity index (χ4n) is 1.88. The van der Waals surface area contributed by atoms with Crippen LogP contribution in [0.4, 0.5) is 0 Å². The molecule has 2 heterocycles. The number of carbonyl (C=O) groups is 1. The fourth-order valence-corrected chi connectivity index (χ4v) is 3.51. The largest absolute Gasteiger partial charge is 0.481 e. The van der Waals surface area contributed by atoms with E-state index in [-0.39, 0.29) is 5.75 Å². The minimum absolute atomic E-state index is 0.107. The van der Waals surface area contributed by atoms with Crippen LogP contribution >= 0.6 is 23.1 Å². The van der Waals surface area contributed by atoms with Crippen LogP contribution in [0.1, 0.15) is 36.0 Å². The standard InChI is InChI=1S/C10H12N4O2S2/c15-8(16)5-17-4-7-13-14-9(6-2-1-3-6)11-12-10(14)18-7/h6H,1-5H2,(H,15,16). The van der Waals surface area contributed by atoms with E-state index >= 15 is 0 Å². The van der Waals surface area contributed by atoms with Gasteiger partial charge in [0.1, 0.15) is 5.01 Å². The number of hydrogen-bond acceptors (Lipinski definition) is 6. The van der Waals surface area contributed by atoms with Gasteiger partial charge >= 0.3 is 5.97 Å². The van der Waals surface area contributed by atoms with Crippen molar-refractivity contribution < 1.29 is 9.90 Å². The highest BCUT2D eigenvalue weighted by atomic mass is 32.2. The number of hydrogen-bond donors (Lipinski definition) is 1. The minimum Gasteiger partial charge on any atom is -0.481 e. The van der Waals surface area contributed by atoms with E-state index < -0.39 is 5.97 Å². The van der Waals surface area contributed by atoms with Crippen molar-refractivity contribution in [2.75, 3.05) is 5.75 Å². The van der Waals surface area contributed by atoms with Gasteiger partial charge in [0.05, 0.1) is 5.75 Å². The monoisotopic (exact) mass is 284 g/mol. The van der Waals surface area contributed by atoms with Crippen molar-refractivity contribution in [2.24, 2.45) is 0 Å². The fraction of sp³-hybridized carbons (Fsp3) is 0.600. The maximum atomic E-state index is 10.4. The molecule has 1 fully saturated rings. The molecule has 2 aromatic heterocycles. The molecule has 0 unspecified atom stereocenters. The lowest BCUT2D eigenvalue weighted by atomic mass is 9.85. The highest BCUT2D eigenvalue weighted by Gasteiger charge is 2.26. The number of carboxylic acids is 1. The molecule has 8 heteroatoms. The summed E-state index contributed by atoms with van der Waals surface area (Å²) in [4.78, 5) is 11.2. The molecule has 96 valence electrons. The van der Waals surface area contributed by atoms with Gasteiger partial charge in [-0.05, 0) is 12.8 Å². The summed E-state index contributed by atoms with van der Waals surface area (Å²) < 4.78 is 1.82. The molecular weight excluding hydrogens is 272 g/mol. The van der Waals surface area contributed by atoms with E-state index in [0.29, 0.717) is 11.7 Å². The topological polar surface area (TPSA) is 80.4 Å². The van der Waals surface area contributed by atoms with Crippen LogP contribution in [0.3, 0.4) is 0 Å².